The monoisotopic (exact) mass is 332 g/mol. The smallest absolute Gasteiger partial charge is 2.00 e. The minimum absolute atomic E-state index is 0. The Balaban J connectivity index is 0. The van der Waals surface area contributed by atoms with Gasteiger partial charge >= 0.3 is 56.5 Å². The first-order valence-corrected chi connectivity index (χ1v) is 0. The van der Waals surface area contributed by atoms with Crippen LogP contribution in [0.25, 0.3) is 0 Å². The molecule has 0 aromatic rings. The molecule has 0 fully saturated rings. The molecule has 0 aliphatic rings. The summed E-state index contributed by atoms with van der Waals surface area (Å²) in [6.45, 7) is 0. The predicted molar refractivity (Wildman–Crippen MR) is 0.686 cm³/mol. The Labute approximate surface area is 61.7 Å². The fourth-order valence-corrected chi connectivity index (χ4v) is 0. The third-order valence-electron chi connectivity index (χ3n) is 0. The van der Waals surface area contributed by atoms with Gasteiger partial charge in [-0.05, 0) is 0 Å². The molecule has 0 unspecified atom stereocenters. The molecule has 0 atom stereocenters. The first-order valence-electron chi connectivity index (χ1n) is 0. The fraction of sp³-hybridized carbons (Fsp3) is 0. The molecule has 0 spiro atoms. The van der Waals surface area contributed by atoms with Gasteiger partial charge < -0.3 is 5.48 Å². The quantitative estimate of drug-likeness (QED) is 0.553. The van der Waals surface area contributed by atoms with E-state index in [1.54, 1.807) is 0 Å². The van der Waals surface area contributed by atoms with Gasteiger partial charge in [0.15, 0.2) is 0 Å². The van der Waals surface area contributed by atoms with E-state index < -0.39 is 0 Å². The predicted octanol–water partition coefficient (Wildman–Crippen LogP) is -0.126. The Hall–Kier alpha value is 1.74. The van der Waals surface area contributed by atoms with Gasteiger partial charge in [0.25, 0.3) is 0 Å². The van der Waals surface area contributed by atoms with Gasteiger partial charge in [-0.3, -0.25) is 0 Å². The molecule has 1 nitrogen and oxygen atoms in total. The maximum Gasteiger partial charge on any atom is 3.00 e. The summed E-state index contributed by atoms with van der Waals surface area (Å²) in [6, 6.07) is 0. The molecule has 0 aromatic heterocycles. The second kappa shape index (κ2) is 21.9. The molecule has 0 saturated carbocycles. The summed E-state index contributed by atoms with van der Waals surface area (Å²) < 4.78 is 0. The Morgan fingerprint density at radius 2 is 1.00 bits per heavy atom. The van der Waals surface area contributed by atoms with Crippen molar-refractivity contribution in [2.24, 2.45) is 0 Å². The molecular formula is AuCuFeO+5. The van der Waals surface area contributed by atoms with Crippen molar-refractivity contribution in [3.05, 3.63) is 0 Å². The van der Waals surface area contributed by atoms with Crippen LogP contribution in [0.5, 0.6) is 0 Å². The zero-order valence-corrected chi connectivity index (χ0v) is 5.58. The molecule has 0 heterocycles. The third kappa shape index (κ3) is 9.28. The van der Waals surface area contributed by atoms with Crippen molar-refractivity contribution < 1.29 is 62.0 Å². The molecular weight excluding hydrogens is 332 g/mol. The molecule has 0 amide bonds. The molecule has 0 N–H and O–H groups in total. The zero-order valence-electron chi connectivity index (χ0n) is 1.36. The second-order valence-electron chi connectivity index (χ2n) is 0. The van der Waals surface area contributed by atoms with Gasteiger partial charge in [0, 0.05) is 0 Å². The summed E-state index contributed by atoms with van der Waals surface area (Å²) in [5.74, 6) is 0. The van der Waals surface area contributed by atoms with Crippen LogP contribution >= 0.6 is 0 Å². The Morgan fingerprint density at radius 3 is 1.00 bits per heavy atom. The molecule has 31 valence electrons. The van der Waals surface area contributed by atoms with E-state index in [1.807, 2.05) is 0 Å². The standard InChI is InChI=1S/Au.Cu.Fe.O/q+3;2*+2;-2. The average Bonchev–Trinajstić information content (AvgIpc) is 0. The molecule has 4 heavy (non-hydrogen) atoms. The van der Waals surface area contributed by atoms with Gasteiger partial charge in [-0.2, -0.15) is 0 Å². The van der Waals surface area contributed by atoms with Gasteiger partial charge in [-0.25, -0.2) is 0 Å². The van der Waals surface area contributed by atoms with Crippen LogP contribution in [0.2, 0.25) is 0 Å². The minimum Gasteiger partial charge on any atom is -2.00 e. The molecule has 0 aliphatic heterocycles. The maximum absolute atomic E-state index is 0. The number of hydrogen-bond acceptors (Lipinski definition) is 0. The Bertz CT molecular complexity index is 8.00. The summed E-state index contributed by atoms with van der Waals surface area (Å²) >= 11 is 0. The topological polar surface area (TPSA) is 28.5 Å². The Morgan fingerprint density at radius 1 is 1.00 bits per heavy atom. The van der Waals surface area contributed by atoms with Gasteiger partial charge in [0.2, 0.25) is 0 Å². The molecule has 0 saturated heterocycles. The average molecular weight is 332 g/mol. The van der Waals surface area contributed by atoms with E-state index in [1.165, 1.54) is 0 Å². The van der Waals surface area contributed by atoms with Gasteiger partial charge in [0.1, 0.15) is 0 Å². The summed E-state index contributed by atoms with van der Waals surface area (Å²) in [5, 5.41) is 0. The fourth-order valence-electron chi connectivity index (χ4n) is 0. The van der Waals surface area contributed by atoms with Crippen molar-refractivity contribution in [2.75, 3.05) is 0 Å². The second-order valence-corrected chi connectivity index (χ2v) is 0. The first kappa shape index (κ1) is 42.6. The van der Waals surface area contributed by atoms with E-state index in [4.69, 9.17) is 0 Å². The van der Waals surface area contributed by atoms with Crippen LogP contribution in [-0.4, -0.2) is 0 Å². The van der Waals surface area contributed by atoms with E-state index >= 15 is 0 Å². The first-order chi connectivity index (χ1) is 0. The summed E-state index contributed by atoms with van der Waals surface area (Å²) in [4.78, 5) is 0. The van der Waals surface area contributed by atoms with Crippen molar-refractivity contribution in [1.82, 2.24) is 0 Å². The van der Waals surface area contributed by atoms with Crippen LogP contribution in [0.1, 0.15) is 0 Å². The molecule has 0 rings (SSSR count). The Kier molecular flexibility index (Phi) is 233. The van der Waals surface area contributed by atoms with E-state index in [-0.39, 0.29) is 62.0 Å². The van der Waals surface area contributed by atoms with Gasteiger partial charge in [-0.1, -0.05) is 0 Å². The summed E-state index contributed by atoms with van der Waals surface area (Å²) in [7, 11) is 0. The summed E-state index contributed by atoms with van der Waals surface area (Å²) in [5.41, 5.74) is 0. The summed E-state index contributed by atoms with van der Waals surface area (Å²) in [6.07, 6.45) is 0. The molecule has 1 radical (unpaired) electrons. The van der Waals surface area contributed by atoms with Gasteiger partial charge in [-0.15, -0.1) is 0 Å². The van der Waals surface area contributed by atoms with Crippen LogP contribution in [0.15, 0.2) is 0 Å². The van der Waals surface area contributed by atoms with Crippen LogP contribution in [0, 0.1) is 0 Å². The number of hydrogen-bond donors (Lipinski definition) is 0. The normalized spacial score (nSPS) is 0. The molecule has 0 aromatic carbocycles. The van der Waals surface area contributed by atoms with Crippen molar-refractivity contribution in [3.63, 3.8) is 0 Å². The van der Waals surface area contributed by atoms with Gasteiger partial charge in [0.05, 0.1) is 0 Å². The third-order valence-corrected chi connectivity index (χ3v) is 0. The van der Waals surface area contributed by atoms with E-state index in [0.717, 1.165) is 0 Å². The van der Waals surface area contributed by atoms with Crippen LogP contribution < -0.4 is 0 Å². The van der Waals surface area contributed by atoms with E-state index in [9.17, 15) is 0 Å². The van der Waals surface area contributed by atoms with E-state index in [0.29, 0.717) is 0 Å². The van der Waals surface area contributed by atoms with Crippen LogP contribution in [-0.2, 0) is 62.0 Å². The molecule has 0 aliphatic carbocycles. The van der Waals surface area contributed by atoms with Crippen molar-refractivity contribution >= 4 is 0 Å². The largest absolute Gasteiger partial charge is 3.00 e. The minimum atomic E-state index is 0. The van der Waals surface area contributed by atoms with Crippen molar-refractivity contribution in [2.45, 2.75) is 0 Å². The van der Waals surface area contributed by atoms with E-state index in [2.05, 4.69) is 0 Å². The number of rotatable bonds is 0. The SMILES string of the molecule is [Au+3].[Cu+2].[Fe+2].[O-2]. The van der Waals surface area contributed by atoms with Crippen LogP contribution in [0.3, 0.4) is 0 Å². The van der Waals surface area contributed by atoms with Crippen molar-refractivity contribution in [1.29, 1.82) is 0 Å². The van der Waals surface area contributed by atoms with Crippen molar-refractivity contribution in [3.8, 4) is 0 Å². The molecule has 0 bridgehead atoms. The maximum atomic E-state index is 0. The van der Waals surface area contributed by atoms with Crippen LogP contribution in [0.4, 0.5) is 0 Å². The molecule has 4 heteroatoms. The zero-order chi connectivity index (χ0) is 0.